The normalized spacial score (nSPS) is 11.4. The lowest BCUT2D eigenvalue weighted by molar-refractivity contribution is -0.385. The van der Waals surface area contributed by atoms with Gasteiger partial charge in [0.2, 0.25) is 0 Å². The smallest absolute Gasteiger partial charge is 0.258 e. The molecule has 0 aliphatic heterocycles. The molecule has 0 aliphatic rings. The molecule has 0 N–H and O–H groups in total. The van der Waals surface area contributed by atoms with Gasteiger partial charge in [0.1, 0.15) is 0 Å². The summed E-state index contributed by atoms with van der Waals surface area (Å²) in [6.45, 7) is 0. The highest BCUT2D eigenvalue weighted by Gasteiger charge is 2.09. The maximum absolute atomic E-state index is 12.4. The van der Waals surface area contributed by atoms with Gasteiger partial charge in [-0.15, -0.1) is 0 Å². The average Bonchev–Trinajstić information content (AvgIpc) is 2.03. The number of hydrogen-bond acceptors (Lipinski definition) is 2. The quantitative estimate of drug-likeness (QED) is 0.593. The molecule has 0 saturated heterocycles. The first kappa shape index (κ1) is 9.85. The van der Waals surface area contributed by atoms with Crippen molar-refractivity contribution in [2.45, 2.75) is 0 Å². The molecule has 0 unspecified atom stereocenters. The van der Waals surface area contributed by atoms with Crippen LogP contribution in [-0.2, 0) is 0 Å². The van der Waals surface area contributed by atoms with E-state index in [1.807, 2.05) is 0 Å². The Morgan fingerprint density at radius 1 is 1.54 bits per heavy atom. The minimum Gasteiger partial charge on any atom is -0.258 e. The first-order valence-corrected chi connectivity index (χ1v) is 4.16. The van der Waals surface area contributed by atoms with E-state index in [9.17, 15) is 14.5 Å². The molecule has 0 atom stereocenters. The summed E-state index contributed by atoms with van der Waals surface area (Å²) in [5, 5.41) is 10.4. The molecule has 3 nitrogen and oxygen atoms in total. The Morgan fingerprint density at radius 3 is 2.69 bits per heavy atom. The molecular weight excluding hydrogens is 241 g/mol. The monoisotopic (exact) mass is 245 g/mol. The van der Waals surface area contributed by atoms with Crippen molar-refractivity contribution in [1.29, 1.82) is 0 Å². The van der Waals surface area contributed by atoms with Gasteiger partial charge in [0.25, 0.3) is 5.69 Å². The zero-order valence-corrected chi connectivity index (χ0v) is 7.99. The second-order valence-electron chi connectivity index (χ2n) is 2.25. The summed E-state index contributed by atoms with van der Waals surface area (Å²) in [4.78, 5) is 9.89. The zero-order valence-electron chi connectivity index (χ0n) is 6.41. The van der Waals surface area contributed by atoms with E-state index in [1.165, 1.54) is 18.2 Å². The number of nitrogens with zero attached hydrogens (tertiary/aromatic N) is 1. The fourth-order valence-corrected chi connectivity index (χ4v) is 1.14. The van der Waals surface area contributed by atoms with Crippen LogP contribution in [0.15, 0.2) is 29.0 Å². The highest BCUT2D eigenvalue weighted by atomic mass is 79.9. The van der Waals surface area contributed by atoms with E-state index in [4.69, 9.17) is 0 Å². The molecule has 0 saturated carbocycles. The molecular formula is C8H5BrFNO2. The first-order chi connectivity index (χ1) is 6.11. The second kappa shape index (κ2) is 4.13. The van der Waals surface area contributed by atoms with E-state index >= 15 is 0 Å². The maximum atomic E-state index is 12.4. The van der Waals surface area contributed by atoms with Gasteiger partial charge >= 0.3 is 0 Å². The van der Waals surface area contributed by atoms with Crippen LogP contribution >= 0.6 is 15.9 Å². The molecule has 0 bridgehead atoms. The molecule has 0 amide bonds. The summed E-state index contributed by atoms with van der Waals surface area (Å²) in [5.41, 5.74) is 0.124. The number of hydrogen-bond donors (Lipinski definition) is 0. The predicted octanol–water partition coefficient (Wildman–Crippen LogP) is 3.26. The van der Waals surface area contributed by atoms with Gasteiger partial charge in [0, 0.05) is 6.07 Å². The van der Waals surface area contributed by atoms with Crippen molar-refractivity contribution in [2.24, 2.45) is 0 Å². The second-order valence-corrected chi connectivity index (χ2v) is 3.01. The Labute approximate surface area is 82.2 Å². The summed E-state index contributed by atoms with van der Waals surface area (Å²) in [6, 6.07) is 5.93. The number of halogens is 2. The van der Waals surface area contributed by atoms with Gasteiger partial charge in [-0.3, -0.25) is 10.1 Å². The molecule has 0 radical (unpaired) electrons. The van der Waals surface area contributed by atoms with Crippen LogP contribution in [0, 0.1) is 10.1 Å². The molecule has 0 fully saturated rings. The predicted molar refractivity (Wildman–Crippen MR) is 51.1 cm³/mol. The van der Waals surface area contributed by atoms with Crippen LogP contribution in [0.25, 0.3) is 6.08 Å². The van der Waals surface area contributed by atoms with Crippen LogP contribution in [-0.4, -0.2) is 4.92 Å². The van der Waals surface area contributed by atoms with Gasteiger partial charge in [-0.2, -0.15) is 4.39 Å². The highest BCUT2D eigenvalue weighted by molar-refractivity contribution is 9.11. The molecule has 0 heterocycles. The standard InChI is InChI=1S/C8H5BrFNO2/c9-8(10)5-6-3-1-2-4-7(6)11(12)13/h1-5H. The number of rotatable bonds is 2. The van der Waals surface area contributed by atoms with Gasteiger partial charge in [0.05, 0.1) is 10.5 Å². The molecule has 68 valence electrons. The fraction of sp³-hybridized carbons (Fsp3) is 0. The summed E-state index contributed by atoms with van der Waals surface area (Å²) in [5.74, 6) is 0. The summed E-state index contributed by atoms with van der Waals surface area (Å²) in [6.07, 6.45) is 1.05. The van der Waals surface area contributed by atoms with E-state index in [0.29, 0.717) is 0 Å². The van der Waals surface area contributed by atoms with Gasteiger partial charge in [0.15, 0.2) is 4.74 Å². The van der Waals surface area contributed by atoms with Gasteiger partial charge in [-0.25, -0.2) is 0 Å². The van der Waals surface area contributed by atoms with E-state index in [-0.39, 0.29) is 11.3 Å². The number of benzene rings is 1. The van der Waals surface area contributed by atoms with Crippen molar-refractivity contribution in [3.05, 3.63) is 44.7 Å². The third-order valence-corrected chi connectivity index (χ3v) is 1.63. The van der Waals surface area contributed by atoms with Gasteiger partial charge in [-0.1, -0.05) is 12.1 Å². The lowest BCUT2D eigenvalue weighted by Gasteiger charge is -1.95. The minimum absolute atomic E-state index is 0.114. The largest absolute Gasteiger partial charge is 0.276 e. The number of nitro benzene ring substituents is 1. The van der Waals surface area contributed by atoms with Crippen molar-refractivity contribution < 1.29 is 9.31 Å². The number of nitro groups is 1. The SMILES string of the molecule is O=[N+]([O-])c1ccccc1C=C(F)Br. The van der Waals surface area contributed by atoms with Crippen LogP contribution in [0.5, 0.6) is 0 Å². The molecule has 5 heteroatoms. The van der Waals surface area contributed by atoms with E-state index in [1.54, 1.807) is 6.07 Å². The third-order valence-electron chi connectivity index (χ3n) is 1.40. The Kier molecular flexibility index (Phi) is 3.13. The molecule has 0 spiro atoms. The molecule has 0 aliphatic carbocycles. The summed E-state index contributed by atoms with van der Waals surface area (Å²) in [7, 11) is 0. The Balaban J connectivity index is 3.20. The van der Waals surface area contributed by atoms with Crippen LogP contribution in [0.1, 0.15) is 5.56 Å². The summed E-state index contributed by atoms with van der Waals surface area (Å²) >= 11 is 2.57. The lowest BCUT2D eigenvalue weighted by atomic mass is 10.2. The molecule has 1 rings (SSSR count). The lowest BCUT2D eigenvalue weighted by Crippen LogP contribution is -1.90. The van der Waals surface area contributed by atoms with E-state index < -0.39 is 9.66 Å². The van der Waals surface area contributed by atoms with Crippen molar-refractivity contribution >= 4 is 27.7 Å². The highest BCUT2D eigenvalue weighted by Crippen LogP contribution is 2.22. The summed E-state index contributed by atoms with van der Waals surface area (Å²) < 4.78 is 11.7. The van der Waals surface area contributed by atoms with Crippen molar-refractivity contribution in [2.75, 3.05) is 0 Å². The van der Waals surface area contributed by atoms with Crippen LogP contribution in [0.3, 0.4) is 0 Å². The third kappa shape index (κ3) is 2.62. The van der Waals surface area contributed by atoms with Gasteiger partial charge < -0.3 is 0 Å². The van der Waals surface area contributed by atoms with Crippen LogP contribution < -0.4 is 0 Å². The topological polar surface area (TPSA) is 43.1 Å². The zero-order chi connectivity index (χ0) is 9.84. The minimum atomic E-state index is -0.637. The first-order valence-electron chi connectivity index (χ1n) is 3.37. The van der Waals surface area contributed by atoms with E-state index in [0.717, 1.165) is 6.08 Å². The van der Waals surface area contributed by atoms with Crippen molar-refractivity contribution in [1.82, 2.24) is 0 Å². The van der Waals surface area contributed by atoms with Crippen molar-refractivity contribution in [3.63, 3.8) is 0 Å². The average molecular weight is 246 g/mol. The van der Waals surface area contributed by atoms with Crippen molar-refractivity contribution in [3.8, 4) is 0 Å². The van der Waals surface area contributed by atoms with Gasteiger partial charge in [-0.05, 0) is 28.1 Å². The Bertz CT molecular complexity index is 361. The molecule has 1 aromatic carbocycles. The molecule has 13 heavy (non-hydrogen) atoms. The van der Waals surface area contributed by atoms with Crippen LogP contribution in [0.2, 0.25) is 0 Å². The molecule has 0 aromatic heterocycles. The number of para-hydroxylation sites is 1. The Hall–Kier alpha value is -1.23. The Morgan fingerprint density at radius 2 is 2.15 bits per heavy atom. The van der Waals surface area contributed by atoms with E-state index in [2.05, 4.69) is 15.9 Å². The maximum Gasteiger partial charge on any atom is 0.276 e. The molecule has 1 aromatic rings. The fourth-order valence-electron chi connectivity index (χ4n) is 0.893. The van der Waals surface area contributed by atoms with Crippen LogP contribution in [0.4, 0.5) is 10.1 Å².